The van der Waals surface area contributed by atoms with Crippen LogP contribution >= 0.6 is 0 Å². The Labute approximate surface area is 89.8 Å². The Hall–Kier alpha value is -1.06. The van der Waals surface area contributed by atoms with Crippen LogP contribution in [0.5, 0.6) is 0 Å². The molecule has 15 heavy (non-hydrogen) atoms. The van der Waals surface area contributed by atoms with Gasteiger partial charge in [-0.2, -0.15) is 0 Å². The summed E-state index contributed by atoms with van der Waals surface area (Å²) in [6.07, 6.45) is 2.84. The summed E-state index contributed by atoms with van der Waals surface area (Å²) < 4.78 is 0. The van der Waals surface area contributed by atoms with Gasteiger partial charge in [0.1, 0.15) is 12.1 Å². The van der Waals surface area contributed by atoms with E-state index in [1.165, 1.54) is 0 Å². The van der Waals surface area contributed by atoms with Crippen molar-refractivity contribution >= 4 is 11.8 Å². The maximum absolute atomic E-state index is 11.7. The minimum absolute atomic E-state index is 0.00255. The number of amides is 2. The lowest BCUT2D eigenvalue weighted by Gasteiger charge is -2.30. The zero-order chi connectivity index (χ0) is 11.0. The van der Waals surface area contributed by atoms with E-state index < -0.39 is 0 Å². The number of nitrogens with one attached hydrogen (secondary N) is 2. The maximum atomic E-state index is 11.7. The van der Waals surface area contributed by atoms with Gasteiger partial charge in [0.15, 0.2) is 0 Å². The van der Waals surface area contributed by atoms with Crippen molar-refractivity contribution in [3.63, 3.8) is 0 Å². The smallest absolute Gasteiger partial charge is 0.243 e. The van der Waals surface area contributed by atoms with Crippen molar-refractivity contribution in [3.05, 3.63) is 0 Å². The number of carbonyl (C=O) groups is 2. The maximum Gasteiger partial charge on any atom is 0.243 e. The Bertz CT molecular complexity index is 284. The molecule has 2 unspecified atom stereocenters. The van der Waals surface area contributed by atoms with Crippen molar-refractivity contribution < 1.29 is 9.59 Å². The summed E-state index contributed by atoms with van der Waals surface area (Å²) in [5.41, 5.74) is 0. The molecule has 2 N–H and O–H groups in total. The van der Waals surface area contributed by atoms with Crippen LogP contribution in [0.4, 0.5) is 0 Å². The molecule has 84 valence electrons. The molecule has 2 fully saturated rings. The molecule has 2 atom stereocenters. The van der Waals surface area contributed by atoms with E-state index in [4.69, 9.17) is 0 Å². The van der Waals surface area contributed by atoms with Gasteiger partial charge in [-0.25, -0.2) is 0 Å². The van der Waals surface area contributed by atoms with Crippen molar-refractivity contribution in [1.29, 1.82) is 0 Å². The summed E-state index contributed by atoms with van der Waals surface area (Å²) in [5.74, 6) is 0.787. The molecule has 0 aromatic carbocycles. The Morgan fingerprint density at radius 3 is 2.40 bits per heavy atom. The third kappa shape index (κ3) is 2.30. The molecule has 1 aliphatic carbocycles. The van der Waals surface area contributed by atoms with Gasteiger partial charge in [-0.3, -0.25) is 9.59 Å². The molecule has 1 aliphatic heterocycles. The van der Waals surface area contributed by atoms with Gasteiger partial charge in [0.2, 0.25) is 11.8 Å². The normalized spacial score (nSPS) is 31.4. The van der Waals surface area contributed by atoms with Crippen molar-refractivity contribution in [3.8, 4) is 0 Å². The largest absolute Gasteiger partial charge is 0.343 e. The number of carbonyl (C=O) groups excluding carboxylic acids is 2. The second-order valence-corrected chi connectivity index (χ2v) is 5.01. The highest BCUT2D eigenvalue weighted by Crippen LogP contribution is 2.33. The average molecular weight is 210 g/mol. The predicted octanol–water partition coefficient (Wildman–Crippen LogP) is 0.426. The van der Waals surface area contributed by atoms with Crippen molar-refractivity contribution in [2.45, 2.75) is 45.2 Å². The first-order chi connectivity index (χ1) is 7.08. The molecule has 4 heteroatoms. The zero-order valence-electron chi connectivity index (χ0n) is 9.25. The summed E-state index contributed by atoms with van der Waals surface area (Å²) in [5, 5.41) is 5.65. The Balaban J connectivity index is 1.96. The van der Waals surface area contributed by atoms with Gasteiger partial charge < -0.3 is 10.6 Å². The summed E-state index contributed by atoms with van der Waals surface area (Å²) in [7, 11) is 0. The SMILES string of the molecule is CC(C)CC1NC(=O)C(C2CC2)NC1=O. The standard InChI is InChI=1S/C11H18N2O2/c1-6(2)5-8-10(14)13-9(7-3-4-7)11(15)12-8/h6-9H,3-5H2,1-2H3,(H,12,15)(H,13,14). The molecule has 0 aromatic rings. The van der Waals surface area contributed by atoms with Gasteiger partial charge in [-0.1, -0.05) is 13.8 Å². The van der Waals surface area contributed by atoms with Crippen molar-refractivity contribution in [2.24, 2.45) is 11.8 Å². The second-order valence-electron chi connectivity index (χ2n) is 5.01. The molecular weight excluding hydrogens is 192 g/mol. The van der Waals surface area contributed by atoms with E-state index >= 15 is 0 Å². The quantitative estimate of drug-likeness (QED) is 0.709. The number of hydrogen-bond acceptors (Lipinski definition) is 2. The molecule has 1 saturated heterocycles. The Kier molecular flexibility index (Phi) is 2.67. The fourth-order valence-corrected chi connectivity index (χ4v) is 2.05. The summed E-state index contributed by atoms with van der Waals surface area (Å²) in [6.45, 7) is 4.10. The molecule has 0 bridgehead atoms. The van der Waals surface area contributed by atoms with Crippen LogP contribution in [0.2, 0.25) is 0 Å². The third-order valence-corrected chi connectivity index (χ3v) is 3.01. The van der Waals surface area contributed by atoms with Crippen LogP contribution in [0.1, 0.15) is 33.1 Å². The van der Waals surface area contributed by atoms with E-state index in [-0.39, 0.29) is 23.9 Å². The first-order valence-electron chi connectivity index (χ1n) is 5.68. The number of piperazine rings is 1. The molecule has 1 heterocycles. The van der Waals surface area contributed by atoms with Gasteiger partial charge in [0.05, 0.1) is 0 Å². The van der Waals surface area contributed by atoms with Gasteiger partial charge in [-0.15, -0.1) is 0 Å². The first kappa shape index (κ1) is 10.5. The monoisotopic (exact) mass is 210 g/mol. The fourth-order valence-electron chi connectivity index (χ4n) is 2.05. The van der Waals surface area contributed by atoms with Crippen molar-refractivity contribution in [1.82, 2.24) is 10.6 Å². The molecule has 1 saturated carbocycles. The van der Waals surface area contributed by atoms with Crippen molar-refractivity contribution in [2.75, 3.05) is 0 Å². The van der Waals surface area contributed by atoms with Gasteiger partial charge in [0.25, 0.3) is 0 Å². The van der Waals surface area contributed by atoms with E-state index in [0.717, 1.165) is 19.3 Å². The van der Waals surface area contributed by atoms with Crippen LogP contribution in [0.15, 0.2) is 0 Å². The molecule has 0 spiro atoms. The second kappa shape index (κ2) is 3.83. The predicted molar refractivity (Wildman–Crippen MR) is 56.0 cm³/mol. The first-order valence-corrected chi connectivity index (χ1v) is 5.68. The lowest BCUT2D eigenvalue weighted by molar-refractivity contribution is -0.137. The van der Waals surface area contributed by atoms with Gasteiger partial charge in [0, 0.05) is 0 Å². The molecule has 2 rings (SSSR count). The summed E-state index contributed by atoms with van der Waals surface area (Å²) >= 11 is 0. The van der Waals surface area contributed by atoms with Crippen LogP contribution in [0.3, 0.4) is 0 Å². The van der Waals surface area contributed by atoms with E-state index in [2.05, 4.69) is 10.6 Å². The Morgan fingerprint density at radius 1 is 1.20 bits per heavy atom. The molecule has 4 nitrogen and oxygen atoms in total. The van der Waals surface area contributed by atoms with Crippen LogP contribution in [0.25, 0.3) is 0 Å². The fraction of sp³-hybridized carbons (Fsp3) is 0.818. The number of rotatable bonds is 3. The zero-order valence-corrected chi connectivity index (χ0v) is 9.25. The average Bonchev–Trinajstić information content (AvgIpc) is 2.93. The van der Waals surface area contributed by atoms with Crippen LogP contribution in [0, 0.1) is 11.8 Å². The molecule has 0 aromatic heterocycles. The lowest BCUT2D eigenvalue weighted by atomic mass is 9.99. The Morgan fingerprint density at radius 2 is 1.87 bits per heavy atom. The summed E-state index contributed by atoms with van der Waals surface area (Å²) in [4.78, 5) is 23.4. The van der Waals surface area contributed by atoms with Gasteiger partial charge in [-0.05, 0) is 31.1 Å². The molecule has 2 aliphatic rings. The molecule has 0 radical (unpaired) electrons. The topological polar surface area (TPSA) is 58.2 Å². The van der Waals surface area contributed by atoms with Crippen LogP contribution in [-0.2, 0) is 9.59 Å². The third-order valence-electron chi connectivity index (χ3n) is 3.01. The lowest BCUT2D eigenvalue weighted by Crippen LogP contribution is -2.62. The number of hydrogen-bond donors (Lipinski definition) is 2. The highest BCUT2D eigenvalue weighted by molar-refractivity contribution is 5.97. The van der Waals surface area contributed by atoms with E-state index in [1.807, 2.05) is 13.8 Å². The van der Waals surface area contributed by atoms with Gasteiger partial charge >= 0.3 is 0 Å². The van der Waals surface area contributed by atoms with Crippen LogP contribution in [-0.4, -0.2) is 23.9 Å². The highest BCUT2D eigenvalue weighted by atomic mass is 16.2. The molecule has 2 amide bonds. The van der Waals surface area contributed by atoms with Crippen LogP contribution < -0.4 is 10.6 Å². The molecular formula is C11H18N2O2. The highest BCUT2D eigenvalue weighted by Gasteiger charge is 2.42. The van der Waals surface area contributed by atoms with E-state index in [0.29, 0.717) is 11.8 Å². The summed E-state index contributed by atoms with van der Waals surface area (Å²) in [6, 6.07) is -0.589. The minimum Gasteiger partial charge on any atom is -0.343 e. The minimum atomic E-state index is -0.326. The van der Waals surface area contributed by atoms with E-state index in [1.54, 1.807) is 0 Å². The van der Waals surface area contributed by atoms with E-state index in [9.17, 15) is 9.59 Å².